The summed E-state index contributed by atoms with van der Waals surface area (Å²) in [7, 11) is 0. The monoisotopic (exact) mass is 414 g/mol. The van der Waals surface area contributed by atoms with Crippen molar-refractivity contribution in [2.75, 3.05) is 6.61 Å². The van der Waals surface area contributed by atoms with Gasteiger partial charge in [-0.1, -0.05) is 22.0 Å². The molecule has 2 heterocycles. The van der Waals surface area contributed by atoms with Crippen molar-refractivity contribution in [2.45, 2.75) is 20.4 Å². The molecule has 0 spiro atoms. The first-order valence-corrected chi connectivity index (χ1v) is 9.05. The summed E-state index contributed by atoms with van der Waals surface area (Å²) >= 11 is 3.42. The molecule has 0 aliphatic rings. The van der Waals surface area contributed by atoms with E-state index in [1.165, 1.54) is 0 Å². The molecule has 0 unspecified atom stereocenters. The summed E-state index contributed by atoms with van der Waals surface area (Å²) in [6, 6.07) is 11.5. The number of nitrogens with one attached hydrogen (secondary N) is 1. The average Bonchev–Trinajstić information content (AvgIpc) is 3.03. The van der Waals surface area contributed by atoms with Gasteiger partial charge in [0.2, 0.25) is 5.88 Å². The second kappa shape index (κ2) is 8.14. The van der Waals surface area contributed by atoms with Gasteiger partial charge in [-0.05, 0) is 44.2 Å². The Kier molecular flexibility index (Phi) is 5.68. The summed E-state index contributed by atoms with van der Waals surface area (Å²) in [5.41, 5.74) is 3.05. The number of pyridine rings is 1. The fourth-order valence-electron chi connectivity index (χ4n) is 2.57. The summed E-state index contributed by atoms with van der Waals surface area (Å²) in [6.45, 7) is 4.64. The van der Waals surface area contributed by atoms with Gasteiger partial charge in [-0.25, -0.2) is 9.67 Å². The molecule has 1 amide bonds. The third-order valence-electron chi connectivity index (χ3n) is 3.90. The second-order valence-corrected chi connectivity index (χ2v) is 6.53. The number of amides is 1. The Morgan fingerprint density at radius 3 is 2.77 bits per heavy atom. The van der Waals surface area contributed by atoms with Crippen LogP contribution in [0.5, 0.6) is 5.88 Å². The molecule has 0 radical (unpaired) electrons. The van der Waals surface area contributed by atoms with Crippen molar-refractivity contribution < 1.29 is 9.53 Å². The third-order valence-corrected chi connectivity index (χ3v) is 4.42. The highest BCUT2D eigenvalue weighted by atomic mass is 79.9. The number of hydrogen-bond acceptors (Lipinski definition) is 4. The number of aromatic nitrogens is 3. The summed E-state index contributed by atoms with van der Waals surface area (Å²) in [5, 5.41) is 7.25. The van der Waals surface area contributed by atoms with E-state index in [-0.39, 0.29) is 5.91 Å². The first-order chi connectivity index (χ1) is 12.6. The SMILES string of the molecule is CCOc1ncccc1CNC(=O)c1cnn(-c2ccc(Br)cc2)c1C. The van der Waals surface area contributed by atoms with Crippen LogP contribution in [-0.4, -0.2) is 27.3 Å². The lowest BCUT2D eigenvalue weighted by atomic mass is 10.2. The van der Waals surface area contributed by atoms with E-state index in [1.54, 1.807) is 17.1 Å². The Bertz CT molecular complexity index is 906. The van der Waals surface area contributed by atoms with Gasteiger partial charge in [0.15, 0.2) is 0 Å². The molecule has 0 bridgehead atoms. The maximum absolute atomic E-state index is 12.6. The largest absolute Gasteiger partial charge is 0.478 e. The summed E-state index contributed by atoms with van der Waals surface area (Å²) in [5.74, 6) is 0.356. The first kappa shape index (κ1) is 18.1. The minimum absolute atomic E-state index is 0.183. The number of hydrogen-bond donors (Lipinski definition) is 1. The molecule has 1 aromatic carbocycles. The number of benzene rings is 1. The number of ether oxygens (including phenoxy) is 1. The van der Waals surface area contributed by atoms with E-state index in [0.717, 1.165) is 21.4 Å². The zero-order valence-corrected chi connectivity index (χ0v) is 16.2. The lowest BCUT2D eigenvalue weighted by Crippen LogP contribution is -2.23. The van der Waals surface area contributed by atoms with Crippen molar-refractivity contribution in [1.29, 1.82) is 0 Å². The van der Waals surface area contributed by atoms with Gasteiger partial charge in [-0.3, -0.25) is 4.79 Å². The molecule has 1 N–H and O–H groups in total. The van der Waals surface area contributed by atoms with Gasteiger partial charge in [0.1, 0.15) is 0 Å². The van der Waals surface area contributed by atoms with Gasteiger partial charge in [0.25, 0.3) is 5.91 Å². The summed E-state index contributed by atoms with van der Waals surface area (Å²) in [6.07, 6.45) is 3.25. The molecular weight excluding hydrogens is 396 g/mol. The molecule has 0 aliphatic heterocycles. The maximum Gasteiger partial charge on any atom is 0.255 e. The van der Waals surface area contributed by atoms with Gasteiger partial charge >= 0.3 is 0 Å². The predicted molar refractivity (Wildman–Crippen MR) is 103 cm³/mol. The van der Waals surface area contributed by atoms with Crippen LogP contribution in [0.4, 0.5) is 0 Å². The van der Waals surface area contributed by atoms with Gasteiger partial charge in [-0.15, -0.1) is 0 Å². The number of rotatable bonds is 6. The molecule has 2 aromatic heterocycles. The smallest absolute Gasteiger partial charge is 0.255 e. The van der Waals surface area contributed by atoms with Crippen molar-refractivity contribution in [3.8, 4) is 11.6 Å². The van der Waals surface area contributed by atoms with Crippen LogP contribution >= 0.6 is 15.9 Å². The molecular formula is C19H19BrN4O2. The molecule has 3 rings (SSSR count). The molecule has 0 saturated heterocycles. The van der Waals surface area contributed by atoms with Gasteiger partial charge in [-0.2, -0.15) is 5.10 Å². The second-order valence-electron chi connectivity index (χ2n) is 5.62. The van der Waals surface area contributed by atoms with E-state index >= 15 is 0 Å². The standard InChI is InChI=1S/C19H19BrN4O2/c1-3-26-19-14(5-4-10-21-19)11-22-18(25)17-12-23-24(13(17)2)16-8-6-15(20)7-9-16/h4-10,12H,3,11H2,1-2H3,(H,22,25). The molecule has 0 fully saturated rings. The Hall–Kier alpha value is -2.67. The van der Waals surface area contributed by atoms with Gasteiger partial charge in [0, 0.05) is 22.8 Å². The normalized spacial score (nSPS) is 10.6. The number of halogens is 1. The van der Waals surface area contributed by atoms with E-state index in [1.807, 2.05) is 50.2 Å². The van der Waals surface area contributed by atoms with Crippen molar-refractivity contribution in [3.63, 3.8) is 0 Å². The van der Waals surface area contributed by atoms with Crippen LogP contribution in [0, 0.1) is 6.92 Å². The highest BCUT2D eigenvalue weighted by Gasteiger charge is 2.15. The first-order valence-electron chi connectivity index (χ1n) is 8.25. The number of nitrogens with zero attached hydrogens (tertiary/aromatic N) is 3. The Balaban J connectivity index is 1.74. The van der Waals surface area contributed by atoms with Crippen molar-refractivity contribution in [2.24, 2.45) is 0 Å². The van der Waals surface area contributed by atoms with Crippen LogP contribution in [0.3, 0.4) is 0 Å². The molecule has 0 atom stereocenters. The minimum atomic E-state index is -0.183. The maximum atomic E-state index is 12.6. The minimum Gasteiger partial charge on any atom is -0.478 e. The molecule has 26 heavy (non-hydrogen) atoms. The highest BCUT2D eigenvalue weighted by molar-refractivity contribution is 9.10. The van der Waals surface area contributed by atoms with E-state index < -0.39 is 0 Å². The van der Waals surface area contributed by atoms with Crippen LogP contribution in [0.1, 0.15) is 28.5 Å². The third kappa shape index (κ3) is 3.94. The Labute approximate surface area is 160 Å². The highest BCUT2D eigenvalue weighted by Crippen LogP contribution is 2.18. The van der Waals surface area contributed by atoms with E-state index in [0.29, 0.717) is 24.6 Å². The molecule has 0 saturated carbocycles. The van der Waals surface area contributed by atoms with E-state index in [4.69, 9.17) is 4.74 Å². The van der Waals surface area contributed by atoms with Gasteiger partial charge in [0.05, 0.1) is 29.7 Å². The summed E-state index contributed by atoms with van der Waals surface area (Å²) in [4.78, 5) is 16.8. The van der Waals surface area contributed by atoms with Crippen LogP contribution in [0.2, 0.25) is 0 Å². The molecule has 0 aliphatic carbocycles. The molecule has 3 aromatic rings. The average molecular weight is 415 g/mol. The Morgan fingerprint density at radius 2 is 2.04 bits per heavy atom. The zero-order chi connectivity index (χ0) is 18.5. The summed E-state index contributed by atoms with van der Waals surface area (Å²) < 4.78 is 8.23. The lowest BCUT2D eigenvalue weighted by Gasteiger charge is -2.10. The van der Waals surface area contributed by atoms with E-state index in [2.05, 4.69) is 31.3 Å². The van der Waals surface area contributed by atoms with Crippen LogP contribution < -0.4 is 10.1 Å². The van der Waals surface area contributed by atoms with Gasteiger partial charge < -0.3 is 10.1 Å². The lowest BCUT2D eigenvalue weighted by molar-refractivity contribution is 0.0950. The number of carbonyl (C=O) groups is 1. The van der Waals surface area contributed by atoms with Crippen LogP contribution in [0.25, 0.3) is 5.69 Å². The van der Waals surface area contributed by atoms with E-state index in [9.17, 15) is 4.79 Å². The number of carbonyl (C=O) groups excluding carboxylic acids is 1. The predicted octanol–water partition coefficient (Wildman–Crippen LogP) is 3.67. The topological polar surface area (TPSA) is 69.0 Å². The van der Waals surface area contributed by atoms with Crippen molar-refractivity contribution >= 4 is 21.8 Å². The van der Waals surface area contributed by atoms with Crippen LogP contribution in [-0.2, 0) is 6.54 Å². The van der Waals surface area contributed by atoms with Crippen molar-refractivity contribution in [1.82, 2.24) is 20.1 Å². The quantitative estimate of drug-likeness (QED) is 0.667. The van der Waals surface area contributed by atoms with Crippen molar-refractivity contribution in [3.05, 3.63) is 70.1 Å². The fourth-order valence-corrected chi connectivity index (χ4v) is 2.84. The zero-order valence-electron chi connectivity index (χ0n) is 14.6. The Morgan fingerprint density at radius 1 is 1.27 bits per heavy atom. The molecule has 6 nitrogen and oxygen atoms in total. The molecule has 134 valence electrons. The molecule has 7 heteroatoms. The fraction of sp³-hybridized carbons (Fsp3) is 0.211. The van der Waals surface area contributed by atoms with Crippen LogP contribution in [0.15, 0.2) is 53.3 Å².